The molecule has 0 radical (unpaired) electrons. The van der Waals surface area contributed by atoms with Crippen LogP contribution in [0.15, 0.2) is 0 Å². The zero-order valence-corrected chi connectivity index (χ0v) is 8.80. The Morgan fingerprint density at radius 3 is 2.47 bits per heavy atom. The number of hydrogen-bond acceptors (Lipinski definition) is 3. The minimum absolute atomic E-state index is 0.0615. The average molecular weight is 226 g/mol. The van der Waals surface area contributed by atoms with Gasteiger partial charge in [0.05, 0.1) is 13.2 Å². The molecule has 0 amide bonds. The molecule has 90 valence electrons. The zero-order valence-electron chi connectivity index (χ0n) is 8.80. The van der Waals surface area contributed by atoms with E-state index < -0.39 is 12.7 Å². The van der Waals surface area contributed by atoms with Crippen LogP contribution in [0, 0.1) is 0 Å². The smallest absolute Gasteiger partial charge is 0.395 e. The molecule has 0 unspecified atom stereocenters. The predicted molar refractivity (Wildman–Crippen MR) is 50.6 cm³/mol. The fourth-order valence-corrected chi connectivity index (χ4v) is 1.88. The number of rotatable bonds is 3. The lowest BCUT2D eigenvalue weighted by molar-refractivity contribution is -0.155. The maximum absolute atomic E-state index is 12.2. The van der Waals surface area contributed by atoms with E-state index in [0.29, 0.717) is 26.2 Å². The quantitative estimate of drug-likeness (QED) is 0.761. The van der Waals surface area contributed by atoms with Crippen molar-refractivity contribution in [2.75, 3.05) is 39.3 Å². The number of hydrogen-bond donors (Lipinski definition) is 1. The Hall–Kier alpha value is -0.330. The van der Waals surface area contributed by atoms with Crippen LogP contribution in [-0.4, -0.2) is 66.5 Å². The van der Waals surface area contributed by atoms with Crippen LogP contribution in [0.1, 0.15) is 6.92 Å². The Morgan fingerprint density at radius 2 is 2.00 bits per heavy atom. The van der Waals surface area contributed by atoms with Gasteiger partial charge in [0.15, 0.2) is 0 Å². The van der Waals surface area contributed by atoms with E-state index in [-0.39, 0.29) is 12.6 Å². The Labute approximate surface area is 87.5 Å². The third-order valence-corrected chi connectivity index (χ3v) is 2.65. The highest BCUT2D eigenvalue weighted by molar-refractivity contribution is 4.80. The molecular weight excluding hydrogens is 209 g/mol. The van der Waals surface area contributed by atoms with Gasteiger partial charge in [0.1, 0.15) is 0 Å². The number of β-amino-alcohol motifs (C(OH)–C–C–N with tert-alkyl or cyclic N) is 1. The standard InChI is InChI=1S/C9H17F3N2O/c1-8-6-13(4-5-15)2-3-14(8)7-9(10,11)12/h8,15H,2-7H2,1H3/t8-/m0/s1. The molecule has 1 aliphatic rings. The van der Waals surface area contributed by atoms with Crippen molar-refractivity contribution in [1.29, 1.82) is 0 Å². The van der Waals surface area contributed by atoms with E-state index >= 15 is 0 Å². The number of nitrogens with zero attached hydrogens (tertiary/aromatic N) is 2. The lowest BCUT2D eigenvalue weighted by Gasteiger charge is -2.39. The largest absolute Gasteiger partial charge is 0.401 e. The number of halogens is 3. The van der Waals surface area contributed by atoms with Crippen molar-refractivity contribution in [1.82, 2.24) is 9.80 Å². The first-order chi connectivity index (χ1) is 6.92. The highest BCUT2D eigenvalue weighted by Crippen LogP contribution is 2.19. The molecule has 0 spiro atoms. The normalized spacial score (nSPS) is 25.8. The molecular formula is C9H17F3N2O. The summed E-state index contributed by atoms with van der Waals surface area (Å²) in [6.07, 6.45) is -4.12. The molecule has 1 fully saturated rings. The summed E-state index contributed by atoms with van der Waals surface area (Å²) < 4.78 is 36.5. The van der Waals surface area contributed by atoms with Crippen LogP contribution in [-0.2, 0) is 0 Å². The molecule has 1 aliphatic heterocycles. The van der Waals surface area contributed by atoms with Gasteiger partial charge in [0.25, 0.3) is 0 Å². The van der Waals surface area contributed by atoms with Crippen LogP contribution >= 0.6 is 0 Å². The fourth-order valence-electron chi connectivity index (χ4n) is 1.88. The SMILES string of the molecule is C[C@H]1CN(CCO)CCN1CC(F)(F)F. The highest BCUT2D eigenvalue weighted by atomic mass is 19.4. The van der Waals surface area contributed by atoms with Crippen LogP contribution in [0.3, 0.4) is 0 Å². The number of alkyl halides is 3. The van der Waals surface area contributed by atoms with E-state index in [1.807, 2.05) is 4.90 Å². The van der Waals surface area contributed by atoms with Crippen LogP contribution in [0.25, 0.3) is 0 Å². The van der Waals surface area contributed by atoms with Gasteiger partial charge in [-0.1, -0.05) is 0 Å². The molecule has 0 saturated carbocycles. The second-order valence-electron chi connectivity index (χ2n) is 3.96. The lowest BCUT2D eigenvalue weighted by Crippen LogP contribution is -2.54. The summed E-state index contributed by atoms with van der Waals surface area (Å²) in [5.74, 6) is 0. The first-order valence-corrected chi connectivity index (χ1v) is 5.06. The van der Waals surface area contributed by atoms with Crippen LogP contribution in [0.2, 0.25) is 0 Å². The van der Waals surface area contributed by atoms with Crippen LogP contribution < -0.4 is 0 Å². The molecule has 0 aromatic rings. The van der Waals surface area contributed by atoms with Gasteiger partial charge in [-0.15, -0.1) is 0 Å². The fraction of sp³-hybridized carbons (Fsp3) is 1.00. The summed E-state index contributed by atoms with van der Waals surface area (Å²) in [6.45, 7) is 3.17. The van der Waals surface area contributed by atoms with Crippen molar-refractivity contribution in [3.05, 3.63) is 0 Å². The summed E-state index contributed by atoms with van der Waals surface area (Å²) in [4.78, 5) is 3.42. The van der Waals surface area contributed by atoms with E-state index in [0.717, 1.165) is 0 Å². The lowest BCUT2D eigenvalue weighted by atomic mass is 10.2. The van der Waals surface area contributed by atoms with Gasteiger partial charge >= 0.3 is 6.18 Å². The minimum atomic E-state index is -4.12. The molecule has 1 atom stereocenters. The minimum Gasteiger partial charge on any atom is -0.395 e. The molecule has 15 heavy (non-hydrogen) atoms. The van der Waals surface area contributed by atoms with E-state index in [2.05, 4.69) is 0 Å². The van der Waals surface area contributed by atoms with Gasteiger partial charge < -0.3 is 5.11 Å². The van der Waals surface area contributed by atoms with Crippen LogP contribution in [0.4, 0.5) is 13.2 Å². The Kier molecular flexibility index (Phi) is 4.36. The monoisotopic (exact) mass is 226 g/mol. The third kappa shape index (κ3) is 4.36. The third-order valence-electron chi connectivity index (χ3n) is 2.65. The molecule has 1 N–H and O–H groups in total. The first-order valence-electron chi connectivity index (χ1n) is 5.06. The molecule has 6 heteroatoms. The average Bonchev–Trinajstić information content (AvgIpc) is 2.08. The number of aliphatic hydroxyl groups excluding tert-OH is 1. The van der Waals surface area contributed by atoms with Gasteiger partial charge in [0.2, 0.25) is 0 Å². The van der Waals surface area contributed by atoms with E-state index in [1.165, 1.54) is 4.90 Å². The summed E-state index contributed by atoms with van der Waals surface area (Å²) in [5.41, 5.74) is 0. The molecule has 0 aliphatic carbocycles. The Balaban J connectivity index is 2.39. The summed E-state index contributed by atoms with van der Waals surface area (Å²) in [7, 11) is 0. The van der Waals surface area contributed by atoms with E-state index in [4.69, 9.17) is 5.11 Å². The van der Waals surface area contributed by atoms with Crippen molar-refractivity contribution in [3.8, 4) is 0 Å². The molecule has 1 heterocycles. The maximum atomic E-state index is 12.2. The molecule has 0 aromatic heterocycles. The molecule has 1 saturated heterocycles. The van der Waals surface area contributed by atoms with Gasteiger partial charge in [0, 0.05) is 32.2 Å². The van der Waals surface area contributed by atoms with Crippen molar-refractivity contribution in [3.63, 3.8) is 0 Å². The summed E-state index contributed by atoms with van der Waals surface area (Å²) in [5, 5.41) is 8.72. The Bertz CT molecular complexity index is 198. The maximum Gasteiger partial charge on any atom is 0.401 e. The second-order valence-corrected chi connectivity index (χ2v) is 3.96. The Morgan fingerprint density at radius 1 is 1.33 bits per heavy atom. The van der Waals surface area contributed by atoms with Crippen molar-refractivity contribution in [2.45, 2.75) is 19.1 Å². The van der Waals surface area contributed by atoms with Crippen LogP contribution in [0.5, 0.6) is 0 Å². The van der Waals surface area contributed by atoms with Gasteiger partial charge in [-0.05, 0) is 6.92 Å². The summed E-state index contributed by atoms with van der Waals surface area (Å²) >= 11 is 0. The molecule has 0 bridgehead atoms. The molecule has 0 aromatic carbocycles. The van der Waals surface area contributed by atoms with Gasteiger partial charge in [-0.2, -0.15) is 13.2 Å². The summed E-state index contributed by atoms with van der Waals surface area (Å²) in [6, 6.07) is -0.105. The van der Waals surface area contributed by atoms with Crippen molar-refractivity contribution >= 4 is 0 Å². The van der Waals surface area contributed by atoms with Crippen molar-refractivity contribution in [2.24, 2.45) is 0 Å². The van der Waals surface area contributed by atoms with E-state index in [1.54, 1.807) is 6.92 Å². The highest BCUT2D eigenvalue weighted by Gasteiger charge is 2.34. The number of aliphatic hydroxyl groups is 1. The van der Waals surface area contributed by atoms with E-state index in [9.17, 15) is 13.2 Å². The van der Waals surface area contributed by atoms with Gasteiger partial charge in [-0.3, -0.25) is 9.80 Å². The zero-order chi connectivity index (χ0) is 11.5. The molecule has 1 rings (SSSR count). The topological polar surface area (TPSA) is 26.7 Å². The first kappa shape index (κ1) is 12.7. The predicted octanol–water partition coefficient (Wildman–Crippen LogP) is 0.547. The number of piperazine rings is 1. The second kappa shape index (κ2) is 5.14. The molecule has 3 nitrogen and oxygen atoms in total. The van der Waals surface area contributed by atoms with Gasteiger partial charge in [-0.25, -0.2) is 0 Å². The van der Waals surface area contributed by atoms with Crippen molar-refractivity contribution < 1.29 is 18.3 Å².